The van der Waals surface area contributed by atoms with Crippen molar-refractivity contribution in [1.82, 2.24) is 5.32 Å². The van der Waals surface area contributed by atoms with E-state index in [4.69, 9.17) is 14.2 Å². The topological polar surface area (TPSA) is 94.1 Å². The van der Waals surface area contributed by atoms with Gasteiger partial charge < -0.3 is 24.6 Å². The summed E-state index contributed by atoms with van der Waals surface area (Å²) >= 11 is 0. The average Bonchev–Trinajstić information content (AvgIpc) is 2.96. The first kappa shape index (κ1) is 35.9. The van der Waals surface area contributed by atoms with Crippen LogP contribution in [0, 0.1) is 62.6 Å². The van der Waals surface area contributed by atoms with E-state index in [-0.39, 0.29) is 56.7 Å². The second-order valence-corrected chi connectivity index (χ2v) is 18.3. The van der Waals surface area contributed by atoms with Crippen molar-refractivity contribution in [2.45, 2.75) is 132 Å². The monoisotopic (exact) mass is 643 g/mol. The molecule has 0 aromatic heterocycles. The molecule has 5 aliphatic rings. The van der Waals surface area contributed by atoms with Crippen LogP contribution in [-0.2, 0) is 23.8 Å². The fourth-order valence-corrected chi connectivity index (χ4v) is 12.0. The Hall–Kier alpha value is -1.44. The van der Waals surface area contributed by atoms with Gasteiger partial charge in [-0.2, -0.15) is 0 Å². The molecular weight excluding hydrogens is 578 g/mol. The zero-order valence-corrected chi connectivity index (χ0v) is 31.0. The number of hydrogen-bond acceptors (Lipinski definition) is 6. The van der Waals surface area contributed by atoms with Crippen LogP contribution in [0.4, 0.5) is 0 Å². The molecule has 0 aromatic rings. The van der Waals surface area contributed by atoms with Crippen molar-refractivity contribution < 1.29 is 28.9 Å². The minimum Gasteiger partial charge on any atom is -0.481 e. The molecule has 1 heterocycles. The molecule has 12 atom stereocenters. The molecule has 0 aromatic carbocycles. The molecule has 262 valence electrons. The van der Waals surface area contributed by atoms with E-state index in [1.807, 2.05) is 7.05 Å². The van der Waals surface area contributed by atoms with E-state index in [2.05, 4.69) is 80.6 Å². The minimum absolute atomic E-state index is 0.153. The predicted octanol–water partition coefficient (Wildman–Crippen LogP) is 7.53. The molecule has 5 rings (SSSR count). The van der Waals surface area contributed by atoms with Gasteiger partial charge in [-0.15, -0.1) is 0 Å². The Morgan fingerprint density at radius 2 is 1.74 bits per heavy atom. The summed E-state index contributed by atoms with van der Waals surface area (Å²) in [7, 11) is 1.99. The normalized spacial score (nSPS) is 45.5. The number of nitrogens with one attached hydrogen (secondary N) is 1. The van der Waals surface area contributed by atoms with Crippen molar-refractivity contribution in [2.24, 2.45) is 62.6 Å². The highest BCUT2D eigenvalue weighted by Gasteiger charge is 2.72. The Bertz CT molecular complexity index is 1230. The highest BCUT2D eigenvalue weighted by molar-refractivity contribution is 5.73. The Kier molecular flexibility index (Phi) is 9.25. The maximum absolute atomic E-state index is 13.4. The molecule has 7 heteroatoms. The van der Waals surface area contributed by atoms with Crippen molar-refractivity contribution in [2.75, 3.05) is 26.9 Å². The second-order valence-electron chi connectivity index (χ2n) is 18.3. The number of hydrogen-bond donors (Lipinski definition) is 2. The van der Waals surface area contributed by atoms with Gasteiger partial charge in [0.1, 0.15) is 12.2 Å². The van der Waals surface area contributed by atoms with E-state index in [0.29, 0.717) is 49.9 Å². The number of carbonyl (C=O) groups is 2. The number of likely N-dealkylation sites (N-methyl/N-ethyl adjacent to an activating group) is 1. The van der Waals surface area contributed by atoms with E-state index in [9.17, 15) is 14.7 Å². The van der Waals surface area contributed by atoms with E-state index >= 15 is 0 Å². The minimum atomic E-state index is -0.636. The number of allylic oxidation sites excluding steroid dienone is 1. The van der Waals surface area contributed by atoms with Crippen LogP contribution >= 0.6 is 0 Å². The van der Waals surface area contributed by atoms with Crippen molar-refractivity contribution >= 4 is 11.9 Å². The molecule has 46 heavy (non-hydrogen) atoms. The van der Waals surface area contributed by atoms with E-state index in [0.717, 1.165) is 32.1 Å². The van der Waals surface area contributed by atoms with Crippen molar-refractivity contribution in [3.8, 4) is 0 Å². The highest BCUT2D eigenvalue weighted by atomic mass is 16.6. The Labute approximate surface area is 279 Å². The number of fused-ring (bicyclic) bond motifs is 3. The van der Waals surface area contributed by atoms with Gasteiger partial charge in [0.2, 0.25) is 0 Å². The second kappa shape index (κ2) is 11.9. The molecule has 0 amide bonds. The van der Waals surface area contributed by atoms with Gasteiger partial charge in [-0.3, -0.25) is 9.59 Å². The summed E-state index contributed by atoms with van der Waals surface area (Å²) in [5.74, 6) is 0.377. The fraction of sp³-hybridized carbons (Fsp3) is 0.897. The summed E-state index contributed by atoms with van der Waals surface area (Å²) in [5.41, 5.74) is -0.123. The molecule has 2 N–H and O–H groups in total. The molecule has 0 spiro atoms. The lowest BCUT2D eigenvalue weighted by molar-refractivity contribution is -0.269. The summed E-state index contributed by atoms with van der Waals surface area (Å²) in [6, 6.07) is 0. The maximum atomic E-state index is 13.4. The van der Waals surface area contributed by atoms with Gasteiger partial charge in [-0.05, 0) is 98.3 Å². The quantitative estimate of drug-likeness (QED) is 0.198. The summed E-state index contributed by atoms with van der Waals surface area (Å²) in [6.07, 6.45) is 7.31. The highest BCUT2D eigenvalue weighted by Crippen LogP contribution is 2.75. The molecule has 0 unspecified atom stereocenters. The van der Waals surface area contributed by atoms with Crippen LogP contribution in [0.3, 0.4) is 0 Å². The van der Waals surface area contributed by atoms with Crippen LogP contribution in [0.25, 0.3) is 0 Å². The SMILES string of the molecule is CN[C@@](C)(CO[C@H]1[C@H](OC(C)=O)C[C@@]23COC[C@]1(C)[C@@H]2CC[C@H]1C3=CC[C@@]2(C)[C@H](C(=O)O)[C@@](C)([C@H](C)C(C)C)CC[C@]12C)C(C)C. The predicted molar refractivity (Wildman–Crippen MR) is 181 cm³/mol. The summed E-state index contributed by atoms with van der Waals surface area (Å²) in [5, 5.41) is 14.5. The first-order valence-electron chi connectivity index (χ1n) is 18.3. The zero-order chi connectivity index (χ0) is 34.3. The van der Waals surface area contributed by atoms with Crippen LogP contribution in [0.2, 0.25) is 0 Å². The maximum Gasteiger partial charge on any atom is 0.307 e. The number of esters is 1. The number of ether oxygens (including phenoxy) is 3. The lowest BCUT2D eigenvalue weighted by atomic mass is 9.34. The smallest absolute Gasteiger partial charge is 0.307 e. The van der Waals surface area contributed by atoms with E-state index in [1.54, 1.807) is 0 Å². The molecule has 4 fully saturated rings. The third kappa shape index (κ3) is 4.97. The van der Waals surface area contributed by atoms with Crippen LogP contribution in [0.1, 0.15) is 115 Å². The van der Waals surface area contributed by atoms with Crippen LogP contribution in [0.5, 0.6) is 0 Å². The Morgan fingerprint density at radius 3 is 2.30 bits per heavy atom. The lowest BCUT2D eigenvalue weighted by Crippen LogP contribution is -2.70. The van der Waals surface area contributed by atoms with Crippen LogP contribution < -0.4 is 5.32 Å². The van der Waals surface area contributed by atoms with Crippen LogP contribution in [0.15, 0.2) is 11.6 Å². The van der Waals surface area contributed by atoms with Gasteiger partial charge in [-0.1, -0.05) is 74.0 Å². The van der Waals surface area contributed by atoms with Gasteiger partial charge in [-0.25, -0.2) is 0 Å². The molecule has 1 saturated heterocycles. The van der Waals surface area contributed by atoms with E-state index in [1.165, 1.54) is 12.5 Å². The summed E-state index contributed by atoms with van der Waals surface area (Å²) in [6.45, 7) is 25.9. The molecule has 4 aliphatic carbocycles. The number of carbonyl (C=O) groups excluding carboxylic acids is 1. The first-order chi connectivity index (χ1) is 21.3. The molecule has 7 nitrogen and oxygen atoms in total. The third-order valence-electron chi connectivity index (χ3n) is 15.8. The molecular formula is C39H65NO6. The van der Waals surface area contributed by atoms with Crippen molar-refractivity contribution in [3.05, 3.63) is 11.6 Å². The summed E-state index contributed by atoms with van der Waals surface area (Å²) < 4.78 is 19.7. The molecule has 0 radical (unpaired) electrons. The standard InChI is InChI=1S/C39H65NO6/c1-23(2)25(5)34(7)17-18-36(9)27-13-14-30-35(8)20-44-22-39(30,28(27)15-16-37(36,10)31(34)33(42)43)19-29(46-26(6)41)32(35)45-21-38(11,40-12)24(3)4/h15,23-25,27,29-32,40H,13-14,16-22H2,1-12H3,(H,42,43)/t25-,27+,29-,30+,31-,32+,34-,35-,36-,37+,38+,39+/m1/s1. The van der Waals surface area contributed by atoms with Gasteiger partial charge in [0.25, 0.3) is 0 Å². The van der Waals surface area contributed by atoms with Gasteiger partial charge >= 0.3 is 11.9 Å². The first-order valence-corrected chi connectivity index (χ1v) is 18.3. The van der Waals surface area contributed by atoms with Gasteiger partial charge in [0.05, 0.1) is 25.7 Å². The number of carboxylic acid groups (broad SMARTS) is 1. The largest absolute Gasteiger partial charge is 0.481 e. The number of aliphatic carboxylic acids is 1. The number of carboxylic acids is 1. The molecule has 3 saturated carbocycles. The number of rotatable bonds is 9. The van der Waals surface area contributed by atoms with Crippen molar-refractivity contribution in [3.63, 3.8) is 0 Å². The third-order valence-corrected chi connectivity index (χ3v) is 15.8. The van der Waals surface area contributed by atoms with Gasteiger partial charge in [0, 0.05) is 23.3 Å². The lowest BCUT2D eigenvalue weighted by Gasteiger charge is -2.71. The molecule has 2 bridgehead atoms. The van der Waals surface area contributed by atoms with Crippen molar-refractivity contribution in [1.29, 1.82) is 0 Å². The zero-order valence-electron chi connectivity index (χ0n) is 31.0. The van der Waals surface area contributed by atoms with Crippen LogP contribution in [-0.4, -0.2) is 61.7 Å². The molecule has 1 aliphatic heterocycles. The fourth-order valence-electron chi connectivity index (χ4n) is 12.0. The Morgan fingerprint density at radius 1 is 1.07 bits per heavy atom. The average molecular weight is 644 g/mol. The van der Waals surface area contributed by atoms with E-state index < -0.39 is 11.9 Å². The Balaban J connectivity index is 1.57. The van der Waals surface area contributed by atoms with Gasteiger partial charge in [0.15, 0.2) is 0 Å². The summed E-state index contributed by atoms with van der Waals surface area (Å²) in [4.78, 5) is 26.0.